The second kappa shape index (κ2) is 13.7. The Morgan fingerprint density at radius 2 is 1.10 bits per heavy atom. The topological polar surface area (TPSA) is 40.5 Å². The van der Waals surface area contributed by atoms with Crippen molar-refractivity contribution in [2.75, 3.05) is 0 Å². The maximum atomic E-state index is 13.2. The van der Waals surface area contributed by atoms with Gasteiger partial charge in [-0.1, -0.05) is 98.1 Å². The van der Waals surface area contributed by atoms with Crippen molar-refractivity contribution in [1.82, 2.24) is 0 Å². The predicted molar refractivity (Wildman–Crippen MR) is 132 cm³/mol. The zero-order chi connectivity index (χ0) is 24.2. The van der Waals surface area contributed by atoms with Gasteiger partial charge in [-0.05, 0) is 12.8 Å². The Morgan fingerprint density at radius 3 is 1.47 bits per heavy atom. The van der Waals surface area contributed by atoms with E-state index in [1.807, 2.05) is 26.6 Å². The predicted octanol–water partition coefficient (Wildman–Crippen LogP) is 6.50. The SMILES string of the molecule is CCCCC(C)(C)C(O)C#C[Si](C)(C)C.CCCCC(F)(F)C(O)C#C[Si](C)(C)C. The first-order chi connectivity index (χ1) is 13.4. The van der Waals surface area contributed by atoms with E-state index in [9.17, 15) is 19.0 Å². The summed E-state index contributed by atoms with van der Waals surface area (Å²) in [6.45, 7) is 20.7. The molecule has 0 aliphatic rings. The molecule has 176 valence electrons. The van der Waals surface area contributed by atoms with E-state index in [0.717, 1.165) is 6.42 Å². The van der Waals surface area contributed by atoms with Crippen LogP contribution in [0.1, 0.15) is 66.2 Å². The normalized spacial score (nSPS) is 14.3. The van der Waals surface area contributed by atoms with E-state index in [1.54, 1.807) is 0 Å². The van der Waals surface area contributed by atoms with Gasteiger partial charge in [-0.3, -0.25) is 0 Å². The van der Waals surface area contributed by atoms with Crippen LogP contribution in [0.15, 0.2) is 0 Å². The van der Waals surface area contributed by atoms with Crippen molar-refractivity contribution in [3.63, 3.8) is 0 Å². The van der Waals surface area contributed by atoms with Crippen LogP contribution < -0.4 is 0 Å². The van der Waals surface area contributed by atoms with Gasteiger partial charge in [-0.25, -0.2) is 8.78 Å². The Balaban J connectivity index is 0. The van der Waals surface area contributed by atoms with Crippen LogP contribution in [0.4, 0.5) is 8.78 Å². The maximum absolute atomic E-state index is 13.2. The summed E-state index contributed by atoms with van der Waals surface area (Å²) in [5, 5.41) is 19.3. The maximum Gasteiger partial charge on any atom is 0.284 e. The van der Waals surface area contributed by atoms with Crippen LogP contribution in [0.2, 0.25) is 39.3 Å². The van der Waals surface area contributed by atoms with Crippen molar-refractivity contribution in [3.8, 4) is 22.9 Å². The van der Waals surface area contributed by atoms with E-state index in [0.29, 0.717) is 12.8 Å². The summed E-state index contributed by atoms with van der Waals surface area (Å²) in [6.07, 6.45) is 1.93. The molecule has 0 saturated heterocycles. The molecule has 0 amide bonds. The summed E-state index contributed by atoms with van der Waals surface area (Å²) in [5.41, 5.74) is 5.94. The molecule has 0 aromatic heterocycles. The van der Waals surface area contributed by atoms with E-state index in [2.05, 4.69) is 63.3 Å². The number of rotatable bonds is 8. The van der Waals surface area contributed by atoms with Gasteiger partial charge in [0.25, 0.3) is 5.92 Å². The van der Waals surface area contributed by atoms with Crippen molar-refractivity contribution in [2.24, 2.45) is 5.41 Å². The van der Waals surface area contributed by atoms with Crippen LogP contribution in [0, 0.1) is 28.3 Å². The Kier molecular flexibility index (Phi) is 14.4. The van der Waals surface area contributed by atoms with Crippen molar-refractivity contribution in [2.45, 2.75) is 124 Å². The fraction of sp³-hybridized carbons (Fsp3) is 0.833. The molecule has 2 atom stereocenters. The zero-order valence-corrected chi connectivity index (χ0v) is 23.0. The number of alkyl halides is 2. The van der Waals surface area contributed by atoms with Gasteiger partial charge >= 0.3 is 0 Å². The highest BCUT2D eigenvalue weighted by molar-refractivity contribution is 6.84. The van der Waals surface area contributed by atoms with Crippen LogP contribution >= 0.6 is 0 Å². The molecule has 0 spiro atoms. The molecule has 2 N–H and O–H groups in total. The van der Waals surface area contributed by atoms with Gasteiger partial charge in [-0.15, -0.1) is 11.1 Å². The number of unbranched alkanes of at least 4 members (excludes halogenated alkanes) is 2. The number of aliphatic hydroxyl groups excluding tert-OH is 2. The Morgan fingerprint density at radius 1 is 0.733 bits per heavy atom. The average Bonchev–Trinajstić information content (AvgIpc) is 2.59. The molecule has 0 bridgehead atoms. The Bertz CT molecular complexity index is 543. The molecule has 6 heteroatoms. The molecule has 2 unspecified atom stereocenters. The lowest BCUT2D eigenvalue weighted by Gasteiger charge is -2.27. The first-order valence-electron chi connectivity index (χ1n) is 11.2. The van der Waals surface area contributed by atoms with E-state index in [1.165, 1.54) is 12.8 Å². The summed E-state index contributed by atoms with van der Waals surface area (Å²) >= 11 is 0. The van der Waals surface area contributed by atoms with Crippen LogP contribution in [0.25, 0.3) is 0 Å². The van der Waals surface area contributed by atoms with E-state index in [-0.39, 0.29) is 11.8 Å². The van der Waals surface area contributed by atoms with Gasteiger partial charge in [0, 0.05) is 11.8 Å². The number of hydrogen-bond donors (Lipinski definition) is 2. The molecule has 0 saturated carbocycles. The fourth-order valence-corrected chi connectivity index (χ4v) is 3.33. The summed E-state index contributed by atoms with van der Waals surface area (Å²) < 4.78 is 26.5. The molecule has 0 fully saturated rings. The molecule has 0 aliphatic heterocycles. The molecule has 2 nitrogen and oxygen atoms in total. The molecule has 0 aromatic rings. The molecule has 0 rings (SSSR count). The molecule has 0 radical (unpaired) electrons. The van der Waals surface area contributed by atoms with Crippen molar-refractivity contribution >= 4 is 16.1 Å². The molecule has 0 aliphatic carbocycles. The quantitative estimate of drug-likeness (QED) is 0.321. The number of hydrogen-bond acceptors (Lipinski definition) is 2. The third-order valence-electron chi connectivity index (χ3n) is 4.35. The van der Waals surface area contributed by atoms with Gasteiger partial charge < -0.3 is 10.2 Å². The summed E-state index contributed by atoms with van der Waals surface area (Å²) in [5.74, 6) is 2.26. The van der Waals surface area contributed by atoms with E-state index < -0.39 is 34.3 Å². The fourth-order valence-electron chi connectivity index (χ4n) is 2.19. The average molecular weight is 461 g/mol. The lowest BCUT2D eigenvalue weighted by Crippen LogP contribution is -2.32. The Labute approximate surface area is 187 Å². The lowest BCUT2D eigenvalue weighted by atomic mass is 9.82. The van der Waals surface area contributed by atoms with Gasteiger partial charge in [0.1, 0.15) is 22.3 Å². The zero-order valence-electron chi connectivity index (χ0n) is 21.0. The minimum absolute atomic E-state index is 0.0668. The second-order valence-corrected chi connectivity index (χ2v) is 20.3. The molecule has 30 heavy (non-hydrogen) atoms. The van der Waals surface area contributed by atoms with Gasteiger partial charge in [0.2, 0.25) is 0 Å². The van der Waals surface area contributed by atoms with E-state index >= 15 is 0 Å². The summed E-state index contributed by atoms with van der Waals surface area (Å²) in [7, 11) is -3.04. The van der Waals surface area contributed by atoms with Gasteiger partial charge in [0.15, 0.2) is 6.10 Å². The highest BCUT2D eigenvalue weighted by Gasteiger charge is 2.36. The van der Waals surface area contributed by atoms with Gasteiger partial charge in [-0.2, -0.15) is 0 Å². The lowest BCUT2D eigenvalue weighted by molar-refractivity contribution is -0.0887. The highest BCUT2D eigenvalue weighted by Crippen LogP contribution is 2.27. The second-order valence-electron chi connectivity index (χ2n) is 10.8. The molecule has 0 heterocycles. The third-order valence-corrected chi connectivity index (χ3v) is 6.14. The molecular weight excluding hydrogens is 414 g/mol. The monoisotopic (exact) mass is 460 g/mol. The van der Waals surface area contributed by atoms with Crippen LogP contribution in [0.5, 0.6) is 0 Å². The highest BCUT2D eigenvalue weighted by atomic mass is 28.3. The van der Waals surface area contributed by atoms with Crippen molar-refractivity contribution in [1.29, 1.82) is 0 Å². The molecular formula is C24H46F2O2Si2. The van der Waals surface area contributed by atoms with E-state index in [4.69, 9.17) is 0 Å². The first-order valence-corrected chi connectivity index (χ1v) is 18.2. The smallest absolute Gasteiger partial charge is 0.284 e. The largest absolute Gasteiger partial charge is 0.380 e. The summed E-state index contributed by atoms with van der Waals surface area (Å²) in [6, 6.07) is 0. The van der Waals surface area contributed by atoms with Crippen molar-refractivity contribution in [3.05, 3.63) is 0 Å². The minimum Gasteiger partial charge on any atom is -0.380 e. The van der Waals surface area contributed by atoms with Crippen molar-refractivity contribution < 1.29 is 19.0 Å². The number of halogens is 2. The van der Waals surface area contributed by atoms with Crippen LogP contribution in [-0.4, -0.2) is 44.5 Å². The van der Waals surface area contributed by atoms with Gasteiger partial charge in [0.05, 0.1) is 0 Å². The molecule has 0 aromatic carbocycles. The van der Waals surface area contributed by atoms with Crippen LogP contribution in [0.3, 0.4) is 0 Å². The third kappa shape index (κ3) is 17.1. The first kappa shape index (κ1) is 31.5. The summed E-state index contributed by atoms with van der Waals surface area (Å²) in [4.78, 5) is 0. The minimum atomic E-state index is -3.07. The van der Waals surface area contributed by atoms with Crippen LogP contribution in [-0.2, 0) is 0 Å². The Hall–Kier alpha value is -0.666. The number of aliphatic hydroxyl groups is 2. The standard InChI is InChI=1S/C13H26OSi.C11H20F2OSi/c1-7-8-10-13(2,3)12(14)9-11-15(4,5)6;1-5-6-8-11(12,13)10(14)7-9-15(2,3)4/h12,14H,7-8,10H2,1-6H3;10,14H,5-6,8H2,1-4H3.